The van der Waals surface area contributed by atoms with Crippen LogP contribution in [0.4, 0.5) is 51.2 Å². The lowest BCUT2D eigenvalue weighted by Gasteiger charge is -2.31. The maximum Gasteiger partial charge on any atom is 0.0561 e. The number of aromatic nitrogens is 1. The predicted octanol–water partition coefficient (Wildman–Crippen LogP) is 16.9. The number of para-hydroxylation sites is 5. The van der Waals surface area contributed by atoms with E-state index in [0.717, 1.165) is 62.4 Å². The number of hydrogen-bond donors (Lipinski definition) is 0. The fourth-order valence-electron chi connectivity index (χ4n) is 9.00. The lowest BCUT2D eigenvalue weighted by Crippen LogP contribution is -2.14. The lowest BCUT2D eigenvalue weighted by molar-refractivity contribution is 1.18. The fourth-order valence-corrected chi connectivity index (χ4v) is 9.00. The molecule has 10 aromatic carbocycles. The quantitative estimate of drug-likeness (QED) is 0.129. The summed E-state index contributed by atoms with van der Waals surface area (Å²) >= 11 is 0. The van der Waals surface area contributed by atoms with E-state index in [1.54, 1.807) is 0 Å². The Morgan fingerprint density at radius 1 is 0.219 bits per heavy atom. The highest BCUT2D eigenvalue weighted by atomic mass is 15.2. The highest BCUT2D eigenvalue weighted by Gasteiger charge is 2.21. The Hall–Kier alpha value is -8.60. The van der Waals surface area contributed by atoms with Gasteiger partial charge >= 0.3 is 0 Å². The Morgan fingerprint density at radius 2 is 0.562 bits per heavy atom. The number of nitrogens with zero attached hydrogens (tertiary/aromatic N) is 4. The van der Waals surface area contributed by atoms with Gasteiger partial charge in [0.15, 0.2) is 0 Å². The number of rotatable bonds is 11. The molecular formula is C60H44N4. The number of fused-ring (bicyclic) bond motifs is 3. The molecule has 1 aromatic heterocycles. The monoisotopic (exact) mass is 820 g/mol. The van der Waals surface area contributed by atoms with Gasteiger partial charge in [-0.15, -0.1) is 0 Å². The minimum Gasteiger partial charge on any atom is -0.310 e. The van der Waals surface area contributed by atoms with Gasteiger partial charge in [0.2, 0.25) is 0 Å². The van der Waals surface area contributed by atoms with Gasteiger partial charge in [-0.2, -0.15) is 0 Å². The van der Waals surface area contributed by atoms with E-state index < -0.39 is 0 Å². The minimum absolute atomic E-state index is 1.03. The summed E-state index contributed by atoms with van der Waals surface area (Å²) in [5, 5.41) is 2.43. The van der Waals surface area contributed by atoms with Crippen LogP contribution < -0.4 is 14.7 Å². The van der Waals surface area contributed by atoms with Crippen molar-refractivity contribution in [2.75, 3.05) is 14.7 Å². The van der Waals surface area contributed by atoms with E-state index in [0.29, 0.717) is 0 Å². The van der Waals surface area contributed by atoms with Crippen molar-refractivity contribution in [2.45, 2.75) is 0 Å². The van der Waals surface area contributed by atoms with Gasteiger partial charge in [-0.1, -0.05) is 152 Å². The molecule has 0 N–H and O–H groups in total. The van der Waals surface area contributed by atoms with Crippen molar-refractivity contribution in [1.82, 2.24) is 4.57 Å². The molecule has 304 valence electrons. The Balaban J connectivity index is 1.11. The molecule has 1 heterocycles. The van der Waals surface area contributed by atoms with Crippen molar-refractivity contribution in [1.29, 1.82) is 0 Å². The van der Waals surface area contributed by atoms with Crippen LogP contribution in [-0.4, -0.2) is 4.57 Å². The topological polar surface area (TPSA) is 14.7 Å². The zero-order valence-corrected chi connectivity index (χ0v) is 35.2. The molecule has 0 aliphatic carbocycles. The summed E-state index contributed by atoms with van der Waals surface area (Å²) in [6, 6.07) is 95.4. The molecule has 4 nitrogen and oxygen atoms in total. The highest BCUT2D eigenvalue weighted by Crippen LogP contribution is 2.45. The second-order valence-corrected chi connectivity index (χ2v) is 15.9. The Morgan fingerprint density at radius 3 is 1.08 bits per heavy atom. The van der Waals surface area contributed by atoms with Crippen molar-refractivity contribution < 1.29 is 0 Å². The summed E-state index contributed by atoms with van der Waals surface area (Å²) in [4.78, 5) is 7.07. The molecule has 0 fully saturated rings. The second kappa shape index (κ2) is 17.0. The van der Waals surface area contributed by atoms with E-state index in [1.165, 1.54) is 27.4 Å². The van der Waals surface area contributed by atoms with Gasteiger partial charge in [0, 0.05) is 67.6 Å². The van der Waals surface area contributed by atoms with Crippen LogP contribution in [0.1, 0.15) is 0 Å². The van der Waals surface area contributed by atoms with Crippen LogP contribution in [0.2, 0.25) is 0 Å². The van der Waals surface area contributed by atoms with Crippen LogP contribution in [0.15, 0.2) is 267 Å². The predicted molar refractivity (Wildman–Crippen MR) is 270 cm³/mol. The maximum atomic E-state index is 2.40. The van der Waals surface area contributed by atoms with Gasteiger partial charge < -0.3 is 19.3 Å². The minimum atomic E-state index is 1.03. The number of benzene rings is 10. The van der Waals surface area contributed by atoms with E-state index in [2.05, 4.69) is 286 Å². The summed E-state index contributed by atoms with van der Waals surface area (Å²) in [6.45, 7) is 0. The molecule has 0 amide bonds. The summed E-state index contributed by atoms with van der Waals surface area (Å²) in [7, 11) is 0. The SMILES string of the molecule is c1ccc(-c2ccc(N(c3ccccc3)c3cccc(N(c4cccc(N(c5ccccc5)c5ccccc5)c4)c4ccc5c6ccccc6n(-c6ccccc6)c5c4)c3)cc2)cc1. The molecule has 0 aliphatic rings. The molecule has 0 saturated heterocycles. The molecule has 0 atom stereocenters. The van der Waals surface area contributed by atoms with E-state index in [1.807, 2.05) is 0 Å². The maximum absolute atomic E-state index is 2.40. The van der Waals surface area contributed by atoms with E-state index >= 15 is 0 Å². The van der Waals surface area contributed by atoms with E-state index in [-0.39, 0.29) is 0 Å². The smallest absolute Gasteiger partial charge is 0.0561 e. The average Bonchev–Trinajstić information content (AvgIpc) is 3.70. The van der Waals surface area contributed by atoms with Crippen molar-refractivity contribution in [3.8, 4) is 16.8 Å². The lowest BCUT2D eigenvalue weighted by atomic mass is 10.0. The number of anilines is 9. The molecule has 64 heavy (non-hydrogen) atoms. The van der Waals surface area contributed by atoms with Crippen molar-refractivity contribution in [3.05, 3.63) is 267 Å². The largest absolute Gasteiger partial charge is 0.310 e. The molecule has 0 radical (unpaired) electrons. The molecule has 11 aromatic rings. The third-order valence-corrected chi connectivity index (χ3v) is 11.9. The Kier molecular flexibility index (Phi) is 10.2. The van der Waals surface area contributed by atoms with E-state index in [9.17, 15) is 0 Å². The van der Waals surface area contributed by atoms with Gasteiger partial charge in [0.25, 0.3) is 0 Å². The molecule has 11 rings (SSSR count). The first kappa shape index (κ1) is 38.3. The van der Waals surface area contributed by atoms with Crippen molar-refractivity contribution >= 4 is 73.0 Å². The van der Waals surface area contributed by atoms with Crippen LogP contribution in [0.25, 0.3) is 38.6 Å². The van der Waals surface area contributed by atoms with Crippen LogP contribution in [-0.2, 0) is 0 Å². The van der Waals surface area contributed by atoms with Crippen LogP contribution in [0.3, 0.4) is 0 Å². The summed E-state index contributed by atoms with van der Waals surface area (Å²) in [5.74, 6) is 0. The third kappa shape index (κ3) is 7.33. The second-order valence-electron chi connectivity index (χ2n) is 15.9. The highest BCUT2D eigenvalue weighted by molar-refractivity contribution is 6.10. The van der Waals surface area contributed by atoms with Gasteiger partial charge in [-0.05, 0) is 126 Å². The average molecular weight is 821 g/mol. The van der Waals surface area contributed by atoms with Crippen molar-refractivity contribution in [2.24, 2.45) is 0 Å². The third-order valence-electron chi connectivity index (χ3n) is 11.9. The molecule has 0 spiro atoms. The van der Waals surface area contributed by atoms with E-state index in [4.69, 9.17) is 0 Å². The van der Waals surface area contributed by atoms with Crippen LogP contribution in [0.5, 0.6) is 0 Å². The molecule has 0 saturated carbocycles. The fraction of sp³-hybridized carbons (Fsp3) is 0. The summed E-state index contributed by atoms with van der Waals surface area (Å²) in [6.07, 6.45) is 0. The van der Waals surface area contributed by atoms with Gasteiger partial charge in [-0.3, -0.25) is 0 Å². The van der Waals surface area contributed by atoms with Crippen molar-refractivity contribution in [3.63, 3.8) is 0 Å². The zero-order chi connectivity index (χ0) is 42.7. The summed E-state index contributed by atoms with van der Waals surface area (Å²) in [5.41, 5.74) is 15.4. The standard InChI is InChI=1S/C60H44N4/c1-6-20-45(21-7-1)46-36-38-51(39-37-46)62(49-26-12-4-13-27-49)53-31-19-33-55(43-53)63(54-32-18-30-52(42-54)61(47-22-8-2-9-23-47)48-24-10-3-11-25-48)56-40-41-58-57-34-16-17-35-59(57)64(60(58)44-56)50-28-14-5-15-29-50/h1-44H. The number of hydrogen-bond acceptors (Lipinski definition) is 3. The molecule has 0 bridgehead atoms. The first-order chi connectivity index (χ1) is 31.8. The first-order valence-corrected chi connectivity index (χ1v) is 21.8. The van der Waals surface area contributed by atoms with Gasteiger partial charge in [-0.25, -0.2) is 0 Å². The molecule has 0 aliphatic heterocycles. The van der Waals surface area contributed by atoms with Crippen LogP contribution >= 0.6 is 0 Å². The van der Waals surface area contributed by atoms with Gasteiger partial charge in [0.05, 0.1) is 11.0 Å². The van der Waals surface area contributed by atoms with Crippen LogP contribution in [0, 0.1) is 0 Å². The molecule has 4 heteroatoms. The first-order valence-electron chi connectivity index (χ1n) is 21.8. The normalized spacial score (nSPS) is 11.1. The summed E-state index contributed by atoms with van der Waals surface area (Å²) < 4.78 is 2.39. The van der Waals surface area contributed by atoms with Gasteiger partial charge in [0.1, 0.15) is 0 Å². The molecular weight excluding hydrogens is 777 g/mol. The Labute approximate surface area is 374 Å². The molecule has 0 unspecified atom stereocenters. The zero-order valence-electron chi connectivity index (χ0n) is 35.2. The Bertz CT molecular complexity index is 3270.